The molecule has 3 heterocycles. The van der Waals surface area contributed by atoms with E-state index in [9.17, 15) is 23.3 Å². The first-order valence-corrected chi connectivity index (χ1v) is 16.0. The van der Waals surface area contributed by atoms with E-state index < -0.39 is 21.3 Å². The van der Waals surface area contributed by atoms with E-state index in [0.717, 1.165) is 24.1 Å². The van der Waals surface area contributed by atoms with E-state index in [1.165, 1.54) is 23.5 Å². The summed E-state index contributed by atoms with van der Waals surface area (Å²) >= 11 is 13.7. The molecule has 1 saturated heterocycles. The number of thiazole rings is 1. The second-order valence-electron chi connectivity index (χ2n) is 9.72. The fourth-order valence-corrected chi connectivity index (χ4v) is 6.71. The number of fused-ring (bicyclic) bond motifs is 1. The predicted molar refractivity (Wildman–Crippen MR) is 152 cm³/mol. The Morgan fingerprint density at radius 1 is 1.17 bits per heavy atom. The van der Waals surface area contributed by atoms with Gasteiger partial charge in [-0.2, -0.15) is 8.42 Å². The number of halogens is 2. The highest BCUT2D eigenvalue weighted by atomic mass is 35.5. The van der Waals surface area contributed by atoms with Crippen LogP contribution in [0, 0.1) is 10.1 Å². The molecule has 1 fully saturated rings. The Bertz CT molecular complexity index is 1590. The fourth-order valence-electron chi connectivity index (χ4n) is 4.85. The van der Waals surface area contributed by atoms with Gasteiger partial charge in [-0.25, -0.2) is 4.98 Å². The maximum atomic E-state index is 12.9. The first kappa shape index (κ1) is 29.7. The van der Waals surface area contributed by atoms with Crippen LogP contribution < -0.4 is 4.18 Å². The number of piperidine rings is 1. The molecular formula is C26H25Cl2N3O8S2. The summed E-state index contributed by atoms with van der Waals surface area (Å²) < 4.78 is 40.2. The predicted octanol–water partition coefficient (Wildman–Crippen LogP) is 5.39. The highest BCUT2D eigenvalue weighted by Gasteiger charge is 2.31. The van der Waals surface area contributed by atoms with Crippen LogP contribution in [-0.2, 0) is 44.0 Å². The molecule has 1 atom stereocenters. The largest absolute Gasteiger partial charge is 0.382 e. The Morgan fingerprint density at radius 2 is 1.88 bits per heavy atom. The van der Waals surface area contributed by atoms with Crippen molar-refractivity contribution in [3.05, 3.63) is 83.3 Å². The quantitative estimate of drug-likeness (QED) is 0.189. The number of carbonyl (C=O) groups is 1. The standard InChI is InChI=1S/C26H25Cl2N3O8S2/c1-41(35,36)39-23-5-4-22(31(33)34)18-12-37-26(38-13-19(18)23)21-14-40-25(29-21)15-6-8-30(9-7-15)24(32)11-16-10-17(27)2-3-20(16)28/h2-5,10,14-15,26H,6-9,11-13H2,1H3. The van der Waals surface area contributed by atoms with E-state index in [2.05, 4.69) is 0 Å². The van der Waals surface area contributed by atoms with Gasteiger partial charge in [0.05, 0.1) is 41.4 Å². The van der Waals surface area contributed by atoms with Crippen LogP contribution in [-0.4, -0.2) is 48.5 Å². The molecule has 2 aromatic carbocycles. The van der Waals surface area contributed by atoms with Gasteiger partial charge in [-0.3, -0.25) is 14.9 Å². The summed E-state index contributed by atoms with van der Waals surface area (Å²) in [4.78, 5) is 30.5. The van der Waals surface area contributed by atoms with Gasteiger partial charge in [0.1, 0.15) is 11.4 Å². The molecule has 2 aliphatic rings. The van der Waals surface area contributed by atoms with Crippen LogP contribution in [0.5, 0.6) is 5.75 Å². The third-order valence-corrected chi connectivity index (χ3v) is 9.00. The maximum Gasteiger partial charge on any atom is 0.306 e. The van der Waals surface area contributed by atoms with Gasteiger partial charge in [-0.15, -0.1) is 11.3 Å². The zero-order chi connectivity index (χ0) is 29.3. The molecule has 0 aliphatic carbocycles. The molecule has 0 radical (unpaired) electrons. The van der Waals surface area contributed by atoms with Gasteiger partial charge >= 0.3 is 10.1 Å². The number of amides is 1. The van der Waals surface area contributed by atoms with Crippen LogP contribution in [0.4, 0.5) is 5.69 Å². The monoisotopic (exact) mass is 641 g/mol. The minimum atomic E-state index is -3.87. The molecule has 218 valence electrons. The molecule has 0 bridgehead atoms. The van der Waals surface area contributed by atoms with Gasteiger partial charge in [0.25, 0.3) is 5.69 Å². The number of carbonyl (C=O) groups excluding carboxylic acids is 1. The molecule has 0 N–H and O–H groups in total. The van der Waals surface area contributed by atoms with Gasteiger partial charge in [-0.1, -0.05) is 23.2 Å². The van der Waals surface area contributed by atoms with Crippen LogP contribution >= 0.6 is 34.5 Å². The zero-order valence-electron chi connectivity index (χ0n) is 21.7. The van der Waals surface area contributed by atoms with Crippen molar-refractivity contribution in [2.75, 3.05) is 19.3 Å². The number of nitro groups is 1. The second-order valence-corrected chi connectivity index (χ2v) is 13.0. The molecule has 0 saturated carbocycles. The number of nitro benzene ring substituents is 1. The first-order valence-electron chi connectivity index (χ1n) is 12.6. The third-order valence-electron chi connectivity index (χ3n) is 6.89. The molecule has 1 unspecified atom stereocenters. The molecule has 1 amide bonds. The van der Waals surface area contributed by atoms with E-state index in [1.54, 1.807) is 18.2 Å². The number of aromatic nitrogens is 1. The smallest absolute Gasteiger partial charge is 0.306 e. The molecular weight excluding hydrogens is 617 g/mol. The molecule has 1 aromatic heterocycles. The van der Waals surface area contributed by atoms with E-state index in [0.29, 0.717) is 34.4 Å². The van der Waals surface area contributed by atoms with E-state index >= 15 is 0 Å². The van der Waals surface area contributed by atoms with Crippen LogP contribution in [0.2, 0.25) is 10.0 Å². The van der Waals surface area contributed by atoms with Crippen molar-refractivity contribution in [2.24, 2.45) is 0 Å². The van der Waals surface area contributed by atoms with E-state index in [-0.39, 0.29) is 54.0 Å². The van der Waals surface area contributed by atoms with Gasteiger partial charge in [0.15, 0.2) is 0 Å². The maximum absolute atomic E-state index is 12.9. The summed E-state index contributed by atoms with van der Waals surface area (Å²) in [6, 6.07) is 7.50. The van der Waals surface area contributed by atoms with Crippen molar-refractivity contribution in [3.8, 4) is 5.75 Å². The Labute approximate surface area is 250 Å². The van der Waals surface area contributed by atoms with E-state index in [1.807, 2.05) is 10.3 Å². The van der Waals surface area contributed by atoms with Gasteiger partial charge in [0, 0.05) is 46.1 Å². The summed E-state index contributed by atoms with van der Waals surface area (Å²) in [6.07, 6.45) is 1.63. The number of benzene rings is 2. The minimum Gasteiger partial charge on any atom is -0.382 e. The number of hydrogen-bond acceptors (Lipinski definition) is 10. The first-order chi connectivity index (χ1) is 19.5. The lowest BCUT2D eigenvalue weighted by Crippen LogP contribution is -2.38. The van der Waals surface area contributed by atoms with Crippen molar-refractivity contribution in [1.29, 1.82) is 0 Å². The van der Waals surface area contributed by atoms with Crippen molar-refractivity contribution < 1.29 is 31.8 Å². The number of rotatable bonds is 7. The Balaban J connectivity index is 1.23. The highest BCUT2D eigenvalue weighted by Crippen LogP contribution is 2.39. The molecule has 3 aromatic rings. The average molecular weight is 643 g/mol. The molecule has 15 heteroatoms. The van der Waals surface area contributed by atoms with Crippen molar-refractivity contribution in [2.45, 2.75) is 44.7 Å². The Hall–Kier alpha value is -2.81. The lowest BCUT2D eigenvalue weighted by Gasteiger charge is -2.31. The van der Waals surface area contributed by atoms with Crippen LogP contribution in [0.25, 0.3) is 0 Å². The molecule has 0 spiro atoms. The van der Waals surface area contributed by atoms with Crippen LogP contribution in [0.3, 0.4) is 0 Å². The summed E-state index contributed by atoms with van der Waals surface area (Å²) in [6.45, 7) is 0.794. The van der Waals surface area contributed by atoms with Crippen molar-refractivity contribution in [1.82, 2.24) is 9.88 Å². The highest BCUT2D eigenvalue weighted by molar-refractivity contribution is 7.86. The minimum absolute atomic E-state index is 0.0134. The summed E-state index contributed by atoms with van der Waals surface area (Å²) in [7, 11) is -3.87. The molecule has 5 rings (SSSR count). The molecule has 2 aliphatic heterocycles. The second kappa shape index (κ2) is 12.2. The van der Waals surface area contributed by atoms with Crippen molar-refractivity contribution >= 4 is 56.3 Å². The average Bonchev–Trinajstić information content (AvgIpc) is 3.30. The summed E-state index contributed by atoms with van der Waals surface area (Å²) in [5.74, 6) is 0.0854. The van der Waals surface area contributed by atoms with Crippen LogP contribution in [0.1, 0.15) is 52.4 Å². The zero-order valence-corrected chi connectivity index (χ0v) is 24.9. The van der Waals surface area contributed by atoms with Gasteiger partial charge in [-0.05, 0) is 42.7 Å². The number of ether oxygens (including phenoxy) is 2. The lowest BCUT2D eigenvalue weighted by atomic mass is 9.97. The Morgan fingerprint density at radius 3 is 2.56 bits per heavy atom. The summed E-state index contributed by atoms with van der Waals surface area (Å²) in [5, 5.41) is 15.3. The van der Waals surface area contributed by atoms with Gasteiger partial charge in [0.2, 0.25) is 12.2 Å². The number of hydrogen-bond donors (Lipinski definition) is 0. The summed E-state index contributed by atoms with van der Waals surface area (Å²) in [5.41, 5.74) is 1.41. The SMILES string of the molecule is CS(=O)(=O)Oc1ccc([N+](=O)[O-])c2c1COC(c1csc(C3CCN(C(=O)Cc4cc(Cl)ccc4Cl)CC3)n1)OC2. The normalized spacial score (nSPS) is 18.0. The van der Waals surface area contributed by atoms with Crippen molar-refractivity contribution in [3.63, 3.8) is 0 Å². The van der Waals surface area contributed by atoms with E-state index in [4.69, 9.17) is 41.8 Å². The van der Waals surface area contributed by atoms with Crippen LogP contribution in [0.15, 0.2) is 35.7 Å². The number of likely N-dealkylation sites (tertiary alicyclic amines) is 1. The molecule has 11 nitrogen and oxygen atoms in total. The van der Waals surface area contributed by atoms with Gasteiger partial charge < -0.3 is 18.6 Å². The number of nitrogens with zero attached hydrogens (tertiary/aromatic N) is 3. The molecule has 41 heavy (non-hydrogen) atoms. The lowest BCUT2D eigenvalue weighted by molar-refractivity contribution is -0.386. The fraction of sp³-hybridized carbons (Fsp3) is 0.385. The topological polar surface area (TPSA) is 138 Å². The Kier molecular flexibility index (Phi) is 8.83. The third kappa shape index (κ3) is 6.99.